The highest BCUT2D eigenvalue weighted by Gasteiger charge is 2.19. The number of benzene rings is 1. The molecule has 0 unspecified atom stereocenters. The SMILES string of the molecule is CN1Cc2cc([N+](=O)[O-])ccc2S1. The zero-order valence-electron chi connectivity index (χ0n) is 7.06. The van der Waals surface area contributed by atoms with Gasteiger partial charge in [-0.05, 0) is 30.6 Å². The van der Waals surface area contributed by atoms with Gasteiger partial charge in [-0.25, -0.2) is 4.31 Å². The molecule has 68 valence electrons. The summed E-state index contributed by atoms with van der Waals surface area (Å²) in [6.45, 7) is 0.779. The molecule has 0 spiro atoms. The molecule has 2 rings (SSSR count). The molecule has 0 atom stereocenters. The summed E-state index contributed by atoms with van der Waals surface area (Å²) in [5.74, 6) is 0. The highest BCUT2D eigenvalue weighted by atomic mass is 32.2. The van der Waals surface area contributed by atoms with Gasteiger partial charge in [0.15, 0.2) is 0 Å². The van der Waals surface area contributed by atoms with Gasteiger partial charge in [0.25, 0.3) is 5.69 Å². The van der Waals surface area contributed by atoms with Crippen molar-refractivity contribution in [2.75, 3.05) is 7.05 Å². The number of hydrogen-bond donors (Lipinski definition) is 0. The molecule has 0 fully saturated rings. The van der Waals surface area contributed by atoms with E-state index in [9.17, 15) is 10.1 Å². The fraction of sp³-hybridized carbons (Fsp3) is 0.250. The van der Waals surface area contributed by atoms with E-state index in [1.54, 1.807) is 24.1 Å². The molecule has 0 amide bonds. The summed E-state index contributed by atoms with van der Waals surface area (Å²) in [5.41, 5.74) is 1.22. The molecule has 0 saturated heterocycles. The lowest BCUT2D eigenvalue weighted by atomic mass is 10.2. The zero-order valence-corrected chi connectivity index (χ0v) is 7.87. The Bertz CT molecular complexity index is 367. The fourth-order valence-electron chi connectivity index (χ4n) is 1.33. The maximum Gasteiger partial charge on any atom is 0.269 e. The first-order valence-corrected chi connectivity index (χ1v) is 4.60. The number of nitro benzene ring substituents is 1. The summed E-state index contributed by atoms with van der Waals surface area (Å²) in [6.07, 6.45) is 0. The molecule has 0 radical (unpaired) electrons. The summed E-state index contributed by atoms with van der Waals surface area (Å²) in [6, 6.07) is 5.00. The Hall–Kier alpha value is -1.07. The van der Waals surface area contributed by atoms with Crippen LogP contribution >= 0.6 is 11.9 Å². The van der Waals surface area contributed by atoms with E-state index >= 15 is 0 Å². The van der Waals surface area contributed by atoms with E-state index in [-0.39, 0.29) is 10.6 Å². The van der Waals surface area contributed by atoms with Crippen LogP contribution in [0.4, 0.5) is 5.69 Å². The van der Waals surface area contributed by atoms with Gasteiger partial charge < -0.3 is 0 Å². The second-order valence-electron chi connectivity index (χ2n) is 2.93. The summed E-state index contributed by atoms with van der Waals surface area (Å²) in [4.78, 5) is 11.2. The van der Waals surface area contributed by atoms with Crippen LogP contribution < -0.4 is 0 Å². The summed E-state index contributed by atoms with van der Waals surface area (Å²) < 4.78 is 2.05. The molecule has 0 aromatic heterocycles. The molecule has 4 nitrogen and oxygen atoms in total. The molecule has 1 aromatic carbocycles. The predicted molar refractivity (Wildman–Crippen MR) is 50.4 cm³/mol. The Labute approximate surface area is 79.8 Å². The highest BCUT2D eigenvalue weighted by molar-refractivity contribution is 7.97. The van der Waals surface area contributed by atoms with Crippen molar-refractivity contribution in [1.29, 1.82) is 0 Å². The van der Waals surface area contributed by atoms with E-state index in [2.05, 4.69) is 0 Å². The monoisotopic (exact) mass is 196 g/mol. The van der Waals surface area contributed by atoms with Crippen molar-refractivity contribution in [3.05, 3.63) is 33.9 Å². The van der Waals surface area contributed by atoms with Crippen LogP contribution in [0, 0.1) is 10.1 Å². The Morgan fingerprint density at radius 1 is 1.62 bits per heavy atom. The van der Waals surface area contributed by atoms with Crippen LogP contribution in [0.25, 0.3) is 0 Å². The average molecular weight is 196 g/mol. The normalized spacial score (nSPS) is 15.8. The van der Waals surface area contributed by atoms with Gasteiger partial charge in [0, 0.05) is 23.6 Å². The Balaban J connectivity index is 2.40. The number of non-ortho nitro benzene ring substituents is 1. The molecule has 1 aliphatic heterocycles. The molecule has 0 bridgehead atoms. The smallest absolute Gasteiger partial charge is 0.258 e. The number of nitro groups is 1. The zero-order chi connectivity index (χ0) is 9.42. The molecular weight excluding hydrogens is 188 g/mol. The number of hydrogen-bond acceptors (Lipinski definition) is 4. The lowest BCUT2D eigenvalue weighted by Gasteiger charge is -2.00. The molecule has 0 aliphatic carbocycles. The Morgan fingerprint density at radius 3 is 3.08 bits per heavy atom. The minimum Gasteiger partial charge on any atom is -0.258 e. The van der Waals surface area contributed by atoms with Gasteiger partial charge in [0.05, 0.1) is 4.92 Å². The van der Waals surface area contributed by atoms with Gasteiger partial charge in [-0.3, -0.25) is 10.1 Å². The maximum atomic E-state index is 10.5. The van der Waals surface area contributed by atoms with Gasteiger partial charge in [0.2, 0.25) is 0 Å². The third kappa shape index (κ3) is 1.52. The number of fused-ring (bicyclic) bond motifs is 1. The molecule has 0 N–H and O–H groups in total. The molecule has 5 heteroatoms. The van der Waals surface area contributed by atoms with Crippen molar-refractivity contribution in [3.8, 4) is 0 Å². The Morgan fingerprint density at radius 2 is 2.38 bits per heavy atom. The van der Waals surface area contributed by atoms with Crippen LogP contribution in [-0.2, 0) is 6.54 Å². The third-order valence-electron chi connectivity index (χ3n) is 1.90. The van der Waals surface area contributed by atoms with Crippen LogP contribution in [-0.4, -0.2) is 16.3 Å². The highest BCUT2D eigenvalue weighted by Crippen LogP contribution is 2.35. The molecular formula is C8H8N2O2S. The van der Waals surface area contributed by atoms with E-state index in [0.717, 1.165) is 17.0 Å². The van der Waals surface area contributed by atoms with Gasteiger partial charge in [0.1, 0.15) is 0 Å². The van der Waals surface area contributed by atoms with E-state index in [1.807, 2.05) is 17.4 Å². The van der Waals surface area contributed by atoms with Gasteiger partial charge >= 0.3 is 0 Å². The van der Waals surface area contributed by atoms with Crippen LogP contribution in [0.3, 0.4) is 0 Å². The van der Waals surface area contributed by atoms with Crippen molar-refractivity contribution in [1.82, 2.24) is 4.31 Å². The fourth-order valence-corrected chi connectivity index (χ4v) is 2.24. The van der Waals surface area contributed by atoms with Crippen LogP contribution in [0.5, 0.6) is 0 Å². The summed E-state index contributed by atoms with van der Waals surface area (Å²) in [5, 5.41) is 10.5. The van der Waals surface area contributed by atoms with Crippen molar-refractivity contribution < 1.29 is 4.92 Å². The molecule has 1 aliphatic rings. The summed E-state index contributed by atoms with van der Waals surface area (Å²) in [7, 11) is 1.97. The van der Waals surface area contributed by atoms with E-state index in [1.165, 1.54) is 0 Å². The largest absolute Gasteiger partial charge is 0.269 e. The molecule has 13 heavy (non-hydrogen) atoms. The molecule has 1 aromatic rings. The first kappa shape index (κ1) is 8.52. The second kappa shape index (κ2) is 3.01. The number of nitrogens with zero attached hydrogens (tertiary/aromatic N) is 2. The maximum absolute atomic E-state index is 10.5. The van der Waals surface area contributed by atoms with Crippen molar-refractivity contribution >= 4 is 17.6 Å². The van der Waals surface area contributed by atoms with Crippen LogP contribution in [0.1, 0.15) is 5.56 Å². The lowest BCUT2D eigenvalue weighted by molar-refractivity contribution is -0.385. The van der Waals surface area contributed by atoms with E-state index in [4.69, 9.17) is 0 Å². The second-order valence-corrected chi connectivity index (χ2v) is 4.17. The van der Waals surface area contributed by atoms with Gasteiger partial charge in [-0.15, -0.1) is 0 Å². The lowest BCUT2D eigenvalue weighted by Crippen LogP contribution is -1.99. The van der Waals surface area contributed by atoms with Gasteiger partial charge in [-0.2, -0.15) is 0 Å². The number of rotatable bonds is 1. The third-order valence-corrected chi connectivity index (χ3v) is 2.94. The Kier molecular flexibility index (Phi) is 1.97. The molecule has 0 saturated carbocycles. The standard InChI is InChI=1S/C8H8N2O2S/c1-9-5-6-4-7(10(11)12)2-3-8(6)13-9/h2-4H,5H2,1H3. The minimum absolute atomic E-state index is 0.176. The quantitative estimate of drug-likeness (QED) is 0.392. The minimum atomic E-state index is -0.358. The predicted octanol–water partition coefficient (Wildman–Crippen LogP) is 2.05. The van der Waals surface area contributed by atoms with Crippen LogP contribution in [0.2, 0.25) is 0 Å². The van der Waals surface area contributed by atoms with Crippen molar-refractivity contribution in [2.24, 2.45) is 0 Å². The van der Waals surface area contributed by atoms with Crippen LogP contribution in [0.15, 0.2) is 23.1 Å². The molecule has 1 heterocycles. The van der Waals surface area contributed by atoms with E-state index in [0.29, 0.717) is 0 Å². The average Bonchev–Trinajstić information content (AvgIpc) is 2.42. The first-order valence-electron chi connectivity index (χ1n) is 3.83. The summed E-state index contributed by atoms with van der Waals surface area (Å²) >= 11 is 1.62. The van der Waals surface area contributed by atoms with Crippen molar-refractivity contribution in [3.63, 3.8) is 0 Å². The van der Waals surface area contributed by atoms with E-state index < -0.39 is 0 Å². The first-order chi connectivity index (χ1) is 6.16. The van der Waals surface area contributed by atoms with Crippen molar-refractivity contribution in [2.45, 2.75) is 11.4 Å². The van der Waals surface area contributed by atoms with Gasteiger partial charge in [-0.1, -0.05) is 0 Å². The topological polar surface area (TPSA) is 46.4 Å².